The molecule has 0 radical (unpaired) electrons. The summed E-state index contributed by atoms with van der Waals surface area (Å²) in [5, 5.41) is 0. The van der Waals surface area contributed by atoms with E-state index in [2.05, 4.69) is 9.88 Å². The predicted molar refractivity (Wildman–Crippen MR) is 105 cm³/mol. The standard InChI is InChI=1S/C20H22FN3O2S/c21-15-3-5-16(6-4-15)23-9-11-24(12-10-23)20(25)18-2-1-8-22-19(18)26-17-7-13-27-14-17/h1-6,8,17H,7,9-14H2. The summed E-state index contributed by atoms with van der Waals surface area (Å²) >= 11 is 1.87. The Morgan fingerprint density at radius 1 is 1.15 bits per heavy atom. The van der Waals surface area contributed by atoms with Crippen molar-refractivity contribution in [3.05, 3.63) is 54.0 Å². The predicted octanol–water partition coefficient (Wildman–Crippen LogP) is 3.07. The van der Waals surface area contributed by atoms with Crippen LogP contribution in [0.2, 0.25) is 0 Å². The largest absolute Gasteiger partial charge is 0.473 e. The summed E-state index contributed by atoms with van der Waals surface area (Å²) in [5.74, 6) is 2.20. The van der Waals surface area contributed by atoms with Crippen LogP contribution in [0.5, 0.6) is 5.88 Å². The molecule has 0 aliphatic carbocycles. The number of carbonyl (C=O) groups is 1. The summed E-state index contributed by atoms with van der Waals surface area (Å²) in [6, 6.07) is 10.1. The number of rotatable bonds is 4. The maximum atomic E-state index is 13.1. The monoisotopic (exact) mass is 387 g/mol. The van der Waals surface area contributed by atoms with Gasteiger partial charge in [0.2, 0.25) is 5.88 Å². The summed E-state index contributed by atoms with van der Waals surface area (Å²) in [4.78, 5) is 21.3. The number of hydrogen-bond donors (Lipinski definition) is 0. The van der Waals surface area contributed by atoms with E-state index < -0.39 is 0 Å². The number of thioether (sulfide) groups is 1. The van der Waals surface area contributed by atoms with Crippen LogP contribution in [0.3, 0.4) is 0 Å². The summed E-state index contributed by atoms with van der Waals surface area (Å²) < 4.78 is 19.1. The highest BCUT2D eigenvalue weighted by atomic mass is 32.2. The number of amides is 1. The number of anilines is 1. The second kappa shape index (κ2) is 8.17. The summed E-state index contributed by atoms with van der Waals surface area (Å²) in [5.41, 5.74) is 1.51. The average Bonchev–Trinajstić information content (AvgIpc) is 3.22. The third-order valence-corrected chi connectivity index (χ3v) is 6.06. The number of pyridine rings is 1. The molecule has 1 aromatic carbocycles. The molecule has 1 unspecified atom stereocenters. The van der Waals surface area contributed by atoms with Crippen molar-refractivity contribution in [1.82, 2.24) is 9.88 Å². The summed E-state index contributed by atoms with van der Waals surface area (Å²) in [7, 11) is 0. The van der Waals surface area contributed by atoms with Crippen LogP contribution in [-0.4, -0.2) is 59.6 Å². The maximum absolute atomic E-state index is 13.1. The summed E-state index contributed by atoms with van der Waals surface area (Å²) in [6.07, 6.45) is 2.79. The zero-order chi connectivity index (χ0) is 18.6. The van der Waals surface area contributed by atoms with Gasteiger partial charge < -0.3 is 14.5 Å². The highest BCUT2D eigenvalue weighted by Crippen LogP contribution is 2.25. The lowest BCUT2D eigenvalue weighted by molar-refractivity contribution is 0.0738. The molecule has 5 nitrogen and oxygen atoms in total. The topological polar surface area (TPSA) is 45.7 Å². The van der Waals surface area contributed by atoms with E-state index in [0.717, 1.165) is 23.6 Å². The van der Waals surface area contributed by atoms with E-state index in [1.807, 2.05) is 16.7 Å². The highest BCUT2D eigenvalue weighted by Gasteiger charge is 2.26. The van der Waals surface area contributed by atoms with Gasteiger partial charge in [-0.3, -0.25) is 4.79 Å². The van der Waals surface area contributed by atoms with E-state index in [4.69, 9.17) is 4.74 Å². The van der Waals surface area contributed by atoms with Gasteiger partial charge in [-0.05, 0) is 48.6 Å². The van der Waals surface area contributed by atoms with Crippen molar-refractivity contribution in [2.45, 2.75) is 12.5 Å². The first-order chi connectivity index (χ1) is 13.2. The van der Waals surface area contributed by atoms with E-state index in [1.165, 1.54) is 12.1 Å². The molecule has 2 fully saturated rings. The van der Waals surface area contributed by atoms with Crippen molar-refractivity contribution in [1.29, 1.82) is 0 Å². The molecule has 1 amide bonds. The molecule has 2 saturated heterocycles. The molecule has 0 saturated carbocycles. The molecular formula is C20H22FN3O2S. The SMILES string of the molecule is O=C(c1cccnc1OC1CCSC1)N1CCN(c2ccc(F)cc2)CC1. The van der Waals surface area contributed by atoms with Gasteiger partial charge in [-0.2, -0.15) is 11.8 Å². The molecule has 3 heterocycles. The minimum Gasteiger partial charge on any atom is -0.473 e. The number of ether oxygens (including phenoxy) is 1. The molecule has 27 heavy (non-hydrogen) atoms. The van der Waals surface area contributed by atoms with Crippen LogP contribution in [-0.2, 0) is 0 Å². The van der Waals surface area contributed by atoms with Gasteiger partial charge in [0, 0.05) is 43.8 Å². The van der Waals surface area contributed by atoms with Crippen molar-refractivity contribution in [3.8, 4) is 5.88 Å². The number of nitrogens with zero attached hydrogens (tertiary/aromatic N) is 3. The number of benzene rings is 1. The maximum Gasteiger partial charge on any atom is 0.259 e. The Balaban J connectivity index is 1.41. The molecule has 7 heteroatoms. The van der Waals surface area contributed by atoms with Crippen LogP contribution in [0.1, 0.15) is 16.8 Å². The molecular weight excluding hydrogens is 365 g/mol. The normalized spacial score (nSPS) is 20.0. The highest BCUT2D eigenvalue weighted by molar-refractivity contribution is 7.99. The van der Waals surface area contributed by atoms with Crippen molar-refractivity contribution >= 4 is 23.4 Å². The lowest BCUT2D eigenvalue weighted by Crippen LogP contribution is -2.49. The van der Waals surface area contributed by atoms with Gasteiger partial charge in [0.15, 0.2) is 0 Å². The number of aromatic nitrogens is 1. The molecule has 0 N–H and O–H groups in total. The van der Waals surface area contributed by atoms with Gasteiger partial charge >= 0.3 is 0 Å². The van der Waals surface area contributed by atoms with Crippen LogP contribution in [0.25, 0.3) is 0 Å². The second-order valence-electron chi connectivity index (χ2n) is 6.72. The molecule has 0 spiro atoms. The van der Waals surface area contributed by atoms with Crippen LogP contribution in [0.4, 0.5) is 10.1 Å². The third kappa shape index (κ3) is 4.18. The smallest absolute Gasteiger partial charge is 0.259 e. The Bertz CT molecular complexity index is 788. The first kappa shape index (κ1) is 18.1. The Morgan fingerprint density at radius 3 is 2.63 bits per heavy atom. The van der Waals surface area contributed by atoms with Gasteiger partial charge in [-0.25, -0.2) is 9.37 Å². The minimum atomic E-state index is -0.239. The first-order valence-corrected chi connectivity index (χ1v) is 10.4. The molecule has 0 bridgehead atoms. The zero-order valence-electron chi connectivity index (χ0n) is 15.0. The van der Waals surface area contributed by atoms with Crippen LogP contribution in [0.15, 0.2) is 42.6 Å². The quantitative estimate of drug-likeness (QED) is 0.807. The number of halogens is 1. The summed E-state index contributed by atoms with van der Waals surface area (Å²) in [6.45, 7) is 2.66. The van der Waals surface area contributed by atoms with Gasteiger partial charge in [-0.15, -0.1) is 0 Å². The first-order valence-electron chi connectivity index (χ1n) is 9.20. The molecule has 4 rings (SSSR count). The van der Waals surface area contributed by atoms with E-state index in [9.17, 15) is 9.18 Å². The molecule has 1 aromatic heterocycles. The lowest BCUT2D eigenvalue weighted by Gasteiger charge is -2.36. The Kier molecular flexibility index (Phi) is 5.48. The van der Waals surface area contributed by atoms with E-state index in [1.54, 1.807) is 30.5 Å². The van der Waals surface area contributed by atoms with Gasteiger partial charge in [-0.1, -0.05) is 0 Å². The van der Waals surface area contributed by atoms with Crippen LogP contribution in [0, 0.1) is 5.82 Å². The fourth-order valence-corrected chi connectivity index (χ4v) is 4.50. The fourth-order valence-electron chi connectivity index (χ4n) is 3.40. The molecule has 1 atom stereocenters. The zero-order valence-corrected chi connectivity index (χ0v) is 15.8. The number of piperazine rings is 1. The van der Waals surface area contributed by atoms with E-state index in [0.29, 0.717) is 37.6 Å². The van der Waals surface area contributed by atoms with E-state index >= 15 is 0 Å². The molecule has 2 aromatic rings. The van der Waals surface area contributed by atoms with Crippen molar-refractivity contribution < 1.29 is 13.9 Å². The van der Waals surface area contributed by atoms with Crippen molar-refractivity contribution in [2.75, 3.05) is 42.6 Å². The average molecular weight is 387 g/mol. The number of carbonyl (C=O) groups excluding carboxylic acids is 1. The molecule has 142 valence electrons. The Hall–Kier alpha value is -2.28. The van der Waals surface area contributed by atoms with Gasteiger partial charge in [0.25, 0.3) is 5.91 Å². The van der Waals surface area contributed by atoms with Crippen LogP contribution >= 0.6 is 11.8 Å². The molecule has 2 aliphatic rings. The van der Waals surface area contributed by atoms with Gasteiger partial charge in [0.1, 0.15) is 17.5 Å². The van der Waals surface area contributed by atoms with Crippen molar-refractivity contribution in [2.24, 2.45) is 0 Å². The Labute approximate surface area is 162 Å². The minimum absolute atomic E-state index is 0.0393. The number of hydrogen-bond acceptors (Lipinski definition) is 5. The fraction of sp³-hybridized carbons (Fsp3) is 0.400. The Morgan fingerprint density at radius 2 is 1.93 bits per heavy atom. The van der Waals surface area contributed by atoms with Crippen LogP contribution < -0.4 is 9.64 Å². The molecule has 2 aliphatic heterocycles. The second-order valence-corrected chi connectivity index (χ2v) is 7.87. The van der Waals surface area contributed by atoms with E-state index in [-0.39, 0.29) is 17.8 Å². The third-order valence-electron chi connectivity index (χ3n) is 4.93. The van der Waals surface area contributed by atoms with Crippen molar-refractivity contribution in [3.63, 3.8) is 0 Å². The van der Waals surface area contributed by atoms with Gasteiger partial charge in [0.05, 0.1) is 0 Å². The lowest BCUT2D eigenvalue weighted by atomic mass is 10.2.